The summed E-state index contributed by atoms with van der Waals surface area (Å²) < 4.78 is 40.7. The molecule has 0 saturated heterocycles. The number of hydrogen-bond acceptors (Lipinski definition) is 4. The van der Waals surface area contributed by atoms with Gasteiger partial charge in [-0.1, -0.05) is 31.4 Å². The predicted octanol–water partition coefficient (Wildman–Crippen LogP) is 5.28. The van der Waals surface area contributed by atoms with Gasteiger partial charge in [0.25, 0.3) is 11.8 Å². The Labute approximate surface area is 210 Å². The summed E-state index contributed by atoms with van der Waals surface area (Å²) in [6.45, 7) is 0. The summed E-state index contributed by atoms with van der Waals surface area (Å²) in [7, 11) is -2.05. The Balaban J connectivity index is 1.46. The zero-order chi connectivity index (χ0) is 25.7. The molecule has 0 aliphatic heterocycles. The Morgan fingerprint density at radius 1 is 0.833 bits per heavy atom. The van der Waals surface area contributed by atoms with Crippen LogP contribution in [0.3, 0.4) is 0 Å². The molecule has 0 radical (unpaired) electrons. The molecule has 0 atom stereocenters. The Morgan fingerprint density at radius 3 is 2.14 bits per heavy atom. The van der Waals surface area contributed by atoms with Crippen molar-refractivity contribution in [1.82, 2.24) is 4.31 Å². The van der Waals surface area contributed by atoms with Crippen molar-refractivity contribution in [3.8, 4) is 0 Å². The Morgan fingerprint density at radius 2 is 1.47 bits per heavy atom. The molecule has 0 heterocycles. The summed E-state index contributed by atoms with van der Waals surface area (Å²) >= 11 is 0. The van der Waals surface area contributed by atoms with Crippen molar-refractivity contribution in [2.45, 2.75) is 43.0 Å². The van der Waals surface area contributed by atoms with Crippen molar-refractivity contribution in [2.24, 2.45) is 0 Å². The molecule has 9 heteroatoms. The van der Waals surface area contributed by atoms with Crippen molar-refractivity contribution in [2.75, 3.05) is 17.7 Å². The number of halogens is 1. The molecule has 188 valence electrons. The molecule has 3 aromatic carbocycles. The molecule has 3 aromatic rings. The summed E-state index contributed by atoms with van der Waals surface area (Å²) in [5.74, 6) is -1.37. The van der Waals surface area contributed by atoms with Gasteiger partial charge in [0.2, 0.25) is 10.0 Å². The summed E-state index contributed by atoms with van der Waals surface area (Å²) in [5, 5.41) is 5.39. The summed E-state index contributed by atoms with van der Waals surface area (Å²) in [6, 6.07) is 17.6. The zero-order valence-corrected chi connectivity index (χ0v) is 20.7. The van der Waals surface area contributed by atoms with Crippen molar-refractivity contribution in [3.05, 3.63) is 89.7 Å². The third-order valence-corrected chi connectivity index (χ3v) is 8.33. The van der Waals surface area contributed by atoms with Gasteiger partial charge in [-0.05, 0) is 73.5 Å². The molecule has 0 spiro atoms. The van der Waals surface area contributed by atoms with Crippen LogP contribution >= 0.6 is 0 Å². The van der Waals surface area contributed by atoms with E-state index >= 15 is 0 Å². The fourth-order valence-electron chi connectivity index (χ4n) is 4.30. The lowest BCUT2D eigenvalue weighted by Gasteiger charge is -2.30. The first-order valence-corrected chi connectivity index (χ1v) is 13.2. The van der Waals surface area contributed by atoms with Crippen LogP contribution in [0.1, 0.15) is 52.8 Å². The predicted molar refractivity (Wildman–Crippen MR) is 137 cm³/mol. The first-order chi connectivity index (χ1) is 17.3. The Hall–Kier alpha value is -3.56. The monoisotopic (exact) mass is 509 g/mol. The van der Waals surface area contributed by atoms with E-state index in [-0.39, 0.29) is 27.8 Å². The van der Waals surface area contributed by atoms with Gasteiger partial charge in [0.15, 0.2) is 0 Å². The van der Waals surface area contributed by atoms with E-state index in [9.17, 15) is 22.4 Å². The van der Waals surface area contributed by atoms with Gasteiger partial charge in [-0.2, -0.15) is 4.31 Å². The van der Waals surface area contributed by atoms with E-state index in [1.54, 1.807) is 31.3 Å². The number of sulfonamides is 1. The maximum Gasteiger partial charge on any atom is 0.257 e. The minimum atomic E-state index is -3.67. The quantitative estimate of drug-likeness (QED) is 0.453. The number of benzene rings is 3. The molecule has 7 nitrogen and oxygen atoms in total. The van der Waals surface area contributed by atoms with Gasteiger partial charge in [-0.3, -0.25) is 9.59 Å². The van der Waals surface area contributed by atoms with Crippen LogP contribution in [-0.2, 0) is 10.0 Å². The van der Waals surface area contributed by atoms with E-state index in [0.29, 0.717) is 5.69 Å². The van der Waals surface area contributed by atoms with Crippen molar-refractivity contribution >= 4 is 33.2 Å². The molecule has 0 unspecified atom stereocenters. The minimum absolute atomic E-state index is 0.00992. The van der Waals surface area contributed by atoms with Crippen molar-refractivity contribution in [1.29, 1.82) is 0 Å². The number of nitrogens with one attached hydrogen (secondary N) is 2. The summed E-state index contributed by atoms with van der Waals surface area (Å²) in [6.07, 6.45) is 4.88. The number of hydrogen-bond donors (Lipinski definition) is 2. The zero-order valence-electron chi connectivity index (χ0n) is 19.9. The number of carbonyl (C=O) groups is 2. The van der Waals surface area contributed by atoms with E-state index in [4.69, 9.17) is 0 Å². The van der Waals surface area contributed by atoms with Crippen LogP contribution in [0, 0.1) is 5.82 Å². The topological polar surface area (TPSA) is 95.6 Å². The highest BCUT2D eigenvalue weighted by Crippen LogP contribution is 2.27. The number of amides is 2. The number of carbonyl (C=O) groups excluding carboxylic acids is 2. The van der Waals surface area contributed by atoms with Crippen LogP contribution in [0.5, 0.6) is 0 Å². The molecular weight excluding hydrogens is 481 g/mol. The highest BCUT2D eigenvalue weighted by Gasteiger charge is 2.29. The van der Waals surface area contributed by atoms with Crippen LogP contribution in [0.15, 0.2) is 77.7 Å². The number of anilines is 2. The van der Waals surface area contributed by atoms with E-state index in [1.807, 2.05) is 0 Å². The van der Waals surface area contributed by atoms with Gasteiger partial charge in [0.05, 0.1) is 16.1 Å². The first kappa shape index (κ1) is 25.5. The van der Waals surface area contributed by atoms with Crippen LogP contribution in [0.2, 0.25) is 0 Å². The van der Waals surface area contributed by atoms with E-state index in [2.05, 4.69) is 10.6 Å². The normalized spacial score (nSPS) is 14.4. The second-order valence-electron chi connectivity index (χ2n) is 8.80. The van der Waals surface area contributed by atoms with Crippen molar-refractivity contribution in [3.63, 3.8) is 0 Å². The SMILES string of the molecule is CN(C1CCCCC1)S(=O)(=O)c1ccc(C(=O)Nc2ccccc2C(=O)Nc2ccc(F)cc2)cc1. The lowest BCUT2D eigenvalue weighted by molar-refractivity contribution is 0.102. The van der Waals surface area contributed by atoms with Crippen LogP contribution in [-0.4, -0.2) is 37.6 Å². The second kappa shape index (κ2) is 11.0. The fraction of sp³-hybridized carbons (Fsp3) is 0.259. The smallest absolute Gasteiger partial charge is 0.257 e. The second-order valence-corrected chi connectivity index (χ2v) is 10.8. The highest BCUT2D eigenvalue weighted by atomic mass is 32.2. The van der Waals surface area contributed by atoms with Gasteiger partial charge in [0.1, 0.15) is 5.82 Å². The molecule has 0 bridgehead atoms. The molecule has 1 saturated carbocycles. The molecular formula is C27H28FN3O4S. The lowest BCUT2D eigenvalue weighted by atomic mass is 9.96. The fourth-order valence-corrected chi connectivity index (χ4v) is 5.72. The van der Waals surface area contributed by atoms with Crippen LogP contribution in [0.4, 0.5) is 15.8 Å². The molecule has 2 N–H and O–H groups in total. The number of nitrogens with zero attached hydrogens (tertiary/aromatic N) is 1. The summed E-state index contributed by atoms with van der Waals surface area (Å²) in [4.78, 5) is 25.8. The highest BCUT2D eigenvalue weighted by molar-refractivity contribution is 7.89. The first-order valence-electron chi connectivity index (χ1n) is 11.8. The van der Waals surface area contributed by atoms with Crippen molar-refractivity contribution < 1.29 is 22.4 Å². The molecule has 0 aromatic heterocycles. The molecule has 36 heavy (non-hydrogen) atoms. The van der Waals surface area contributed by atoms with E-state index < -0.39 is 27.7 Å². The summed E-state index contributed by atoms with van der Waals surface area (Å²) in [5.41, 5.74) is 1.18. The Kier molecular flexibility index (Phi) is 7.81. The van der Waals surface area contributed by atoms with E-state index in [0.717, 1.165) is 32.1 Å². The minimum Gasteiger partial charge on any atom is -0.322 e. The number of rotatable bonds is 7. The molecule has 2 amide bonds. The lowest BCUT2D eigenvalue weighted by Crippen LogP contribution is -2.38. The molecule has 1 fully saturated rings. The largest absolute Gasteiger partial charge is 0.322 e. The maximum atomic E-state index is 13.1. The van der Waals surface area contributed by atoms with Gasteiger partial charge in [-0.25, -0.2) is 12.8 Å². The average molecular weight is 510 g/mol. The maximum absolute atomic E-state index is 13.1. The van der Waals surface area contributed by atoms with Crippen LogP contribution < -0.4 is 10.6 Å². The third kappa shape index (κ3) is 5.80. The van der Waals surface area contributed by atoms with Crippen LogP contribution in [0.25, 0.3) is 0 Å². The van der Waals surface area contributed by atoms with Gasteiger partial charge < -0.3 is 10.6 Å². The van der Waals surface area contributed by atoms with E-state index in [1.165, 1.54) is 52.8 Å². The average Bonchev–Trinajstić information content (AvgIpc) is 2.90. The van der Waals surface area contributed by atoms with Gasteiger partial charge in [0, 0.05) is 24.3 Å². The molecule has 1 aliphatic carbocycles. The third-order valence-electron chi connectivity index (χ3n) is 6.40. The standard InChI is InChI=1S/C27H28FN3O4S/c1-31(22-7-3-2-4-8-22)36(34,35)23-17-11-19(12-18-23)26(32)30-25-10-6-5-9-24(25)27(33)29-21-15-13-20(28)14-16-21/h5-6,9-18,22H,2-4,7-8H2,1H3,(H,29,33)(H,30,32). The number of para-hydroxylation sites is 1. The van der Waals surface area contributed by atoms with Gasteiger partial charge >= 0.3 is 0 Å². The molecule has 1 aliphatic rings. The Bertz CT molecular complexity index is 1340. The van der Waals surface area contributed by atoms with Gasteiger partial charge in [-0.15, -0.1) is 0 Å². The molecule has 4 rings (SSSR count).